The molecule has 0 aliphatic rings. The van der Waals surface area contributed by atoms with Gasteiger partial charge < -0.3 is 24.8 Å². The van der Waals surface area contributed by atoms with Gasteiger partial charge in [-0.3, -0.25) is 14.5 Å². The highest BCUT2D eigenvalue weighted by atomic mass is 32.1. The SMILES string of the molecule is COc1cc2nccc(Oc3ccc(NC(=S)NC(=O)Cn4ncc5c(F)cccc54)cc3F)c2cc1OC. The van der Waals surface area contributed by atoms with Gasteiger partial charge in [-0.1, -0.05) is 6.07 Å². The van der Waals surface area contributed by atoms with Crippen molar-refractivity contribution in [3.8, 4) is 23.0 Å². The molecule has 0 saturated heterocycles. The number of rotatable bonds is 7. The molecule has 2 N–H and O–H groups in total. The number of pyridine rings is 1. The lowest BCUT2D eigenvalue weighted by molar-refractivity contribution is -0.120. The largest absolute Gasteiger partial charge is 0.493 e. The topological polar surface area (TPSA) is 99.5 Å². The zero-order chi connectivity index (χ0) is 27.5. The van der Waals surface area contributed by atoms with Crippen molar-refractivity contribution in [2.24, 2.45) is 0 Å². The summed E-state index contributed by atoms with van der Waals surface area (Å²) in [6.45, 7) is -0.188. The Labute approximate surface area is 226 Å². The Balaban J connectivity index is 1.26. The maximum absolute atomic E-state index is 14.9. The van der Waals surface area contributed by atoms with Crippen molar-refractivity contribution in [2.75, 3.05) is 19.5 Å². The molecule has 1 amide bonds. The Morgan fingerprint density at radius 1 is 0.949 bits per heavy atom. The summed E-state index contributed by atoms with van der Waals surface area (Å²) in [5, 5.41) is 10.2. The second-order valence-electron chi connectivity index (χ2n) is 8.26. The second kappa shape index (κ2) is 10.9. The fraction of sp³-hybridized carbons (Fsp3) is 0.111. The van der Waals surface area contributed by atoms with E-state index in [2.05, 4.69) is 20.7 Å². The number of aromatic nitrogens is 3. The number of halogens is 2. The molecular formula is C27H21F2N5O4S. The molecule has 5 aromatic rings. The van der Waals surface area contributed by atoms with Gasteiger partial charge in [0.2, 0.25) is 5.91 Å². The van der Waals surface area contributed by atoms with Gasteiger partial charge in [0.1, 0.15) is 18.1 Å². The molecule has 0 aliphatic heterocycles. The predicted octanol–water partition coefficient (Wildman–Crippen LogP) is 5.19. The van der Waals surface area contributed by atoms with Gasteiger partial charge in [0.15, 0.2) is 28.2 Å². The molecule has 3 aromatic carbocycles. The fourth-order valence-electron chi connectivity index (χ4n) is 3.97. The number of carbonyl (C=O) groups is 1. The summed E-state index contributed by atoms with van der Waals surface area (Å²) >= 11 is 5.19. The molecule has 198 valence electrons. The van der Waals surface area contributed by atoms with E-state index in [4.69, 9.17) is 26.4 Å². The minimum atomic E-state index is -0.662. The molecule has 0 saturated carbocycles. The van der Waals surface area contributed by atoms with Crippen molar-refractivity contribution in [3.63, 3.8) is 0 Å². The average Bonchev–Trinajstić information content (AvgIpc) is 3.33. The number of methoxy groups -OCH3 is 2. The molecule has 0 unspecified atom stereocenters. The van der Waals surface area contributed by atoms with Crippen molar-refractivity contribution in [3.05, 3.63) is 78.6 Å². The lowest BCUT2D eigenvalue weighted by atomic mass is 10.2. The van der Waals surface area contributed by atoms with E-state index in [1.54, 1.807) is 36.5 Å². The van der Waals surface area contributed by atoms with Gasteiger partial charge in [0.05, 0.1) is 36.8 Å². The Morgan fingerprint density at radius 2 is 1.74 bits per heavy atom. The Kier molecular flexibility index (Phi) is 7.19. The van der Waals surface area contributed by atoms with Crippen LogP contribution in [0.15, 0.2) is 67.0 Å². The molecule has 0 bridgehead atoms. The van der Waals surface area contributed by atoms with Crippen molar-refractivity contribution in [1.29, 1.82) is 0 Å². The first-order valence-electron chi connectivity index (χ1n) is 11.6. The highest BCUT2D eigenvalue weighted by Gasteiger charge is 2.15. The number of carbonyl (C=O) groups excluding carboxylic acids is 1. The monoisotopic (exact) mass is 549 g/mol. The van der Waals surface area contributed by atoms with E-state index in [1.165, 1.54) is 49.4 Å². The van der Waals surface area contributed by atoms with Gasteiger partial charge in [-0.2, -0.15) is 5.10 Å². The smallest absolute Gasteiger partial charge is 0.247 e. The summed E-state index contributed by atoms with van der Waals surface area (Å²) in [4.78, 5) is 16.8. The number of benzene rings is 3. The quantitative estimate of drug-likeness (QED) is 0.268. The van der Waals surface area contributed by atoms with E-state index in [0.717, 1.165) is 0 Å². The molecule has 5 rings (SSSR count). The number of nitrogens with one attached hydrogen (secondary N) is 2. The first-order chi connectivity index (χ1) is 18.9. The summed E-state index contributed by atoms with van der Waals surface area (Å²) in [7, 11) is 3.04. The molecule has 12 heteroatoms. The summed E-state index contributed by atoms with van der Waals surface area (Å²) < 4.78 is 46.7. The van der Waals surface area contributed by atoms with Gasteiger partial charge in [-0.05, 0) is 48.6 Å². The van der Waals surface area contributed by atoms with Crippen LogP contribution < -0.4 is 24.8 Å². The third-order valence-corrected chi connectivity index (χ3v) is 6.00. The zero-order valence-corrected chi connectivity index (χ0v) is 21.5. The van der Waals surface area contributed by atoms with Gasteiger partial charge in [-0.15, -0.1) is 0 Å². The Bertz CT molecular complexity index is 1730. The van der Waals surface area contributed by atoms with E-state index >= 15 is 0 Å². The van der Waals surface area contributed by atoms with Crippen molar-refractivity contribution < 1.29 is 27.8 Å². The van der Waals surface area contributed by atoms with Crippen LogP contribution in [0, 0.1) is 11.6 Å². The zero-order valence-electron chi connectivity index (χ0n) is 20.7. The van der Waals surface area contributed by atoms with Crippen LogP contribution >= 0.6 is 12.2 Å². The molecule has 39 heavy (non-hydrogen) atoms. The molecule has 0 aliphatic carbocycles. The van der Waals surface area contributed by atoms with Crippen LogP contribution in [0.5, 0.6) is 23.0 Å². The van der Waals surface area contributed by atoms with Crippen LogP contribution in [0.3, 0.4) is 0 Å². The molecule has 2 heterocycles. The molecular weight excluding hydrogens is 528 g/mol. The van der Waals surface area contributed by atoms with E-state index in [1.807, 2.05) is 0 Å². The van der Waals surface area contributed by atoms with E-state index < -0.39 is 17.5 Å². The molecule has 0 fully saturated rings. The molecule has 9 nitrogen and oxygen atoms in total. The Hall–Kier alpha value is -4.84. The number of hydrogen-bond donors (Lipinski definition) is 2. The maximum atomic E-state index is 14.9. The summed E-state index contributed by atoms with van der Waals surface area (Å²) in [6, 6.07) is 13.7. The van der Waals surface area contributed by atoms with Crippen LogP contribution in [0.2, 0.25) is 0 Å². The fourth-order valence-corrected chi connectivity index (χ4v) is 4.21. The molecule has 2 aromatic heterocycles. The van der Waals surface area contributed by atoms with Crippen molar-refractivity contribution in [1.82, 2.24) is 20.1 Å². The number of thiocarbonyl (C=S) groups is 1. The predicted molar refractivity (Wildman–Crippen MR) is 145 cm³/mol. The van der Waals surface area contributed by atoms with E-state index in [-0.39, 0.29) is 17.4 Å². The highest BCUT2D eigenvalue weighted by molar-refractivity contribution is 7.80. The molecule has 0 radical (unpaired) electrons. The van der Waals surface area contributed by atoms with Crippen molar-refractivity contribution >= 4 is 50.7 Å². The lowest BCUT2D eigenvalue weighted by Crippen LogP contribution is -2.36. The van der Waals surface area contributed by atoms with Gasteiger partial charge in [0, 0.05) is 29.4 Å². The van der Waals surface area contributed by atoms with Crippen LogP contribution in [-0.4, -0.2) is 40.0 Å². The normalized spacial score (nSPS) is 10.9. The third kappa shape index (κ3) is 5.41. The standard InChI is InChI=1S/C27H21F2N5O4S/c1-36-24-11-16-20(12-25(24)37-2)30-9-8-22(16)38-23-7-6-15(10-19(23)29)32-27(39)33-26(35)14-34-21-5-3-4-18(28)17(21)13-31-34/h3-13H,14H2,1-2H3,(H2,32,33,35,39). The summed E-state index contributed by atoms with van der Waals surface area (Å²) in [5.41, 5.74) is 1.35. The number of fused-ring (bicyclic) bond motifs is 2. The highest BCUT2D eigenvalue weighted by Crippen LogP contribution is 2.37. The number of amides is 1. The van der Waals surface area contributed by atoms with Gasteiger partial charge in [0.25, 0.3) is 0 Å². The van der Waals surface area contributed by atoms with Crippen LogP contribution in [0.25, 0.3) is 21.8 Å². The van der Waals surface area contributed by atoms with Gasteiger partial charge in [-0.25, -0.2) is 8.78 Å². The van der Waals surface area contributed by atoms with Crippen LogP contribution in [-0.2, 0) is 11.3 Å². The van der Waals surface area contributed by atoms with Gasteiger partial charge >= 0.3 is 0 Å². The van der Waals surface area contributed by atoms with E-state index in [9.17, 15) is 13.6 Å². The molecule has 0 atom stereocenters. The first kappa shape index (κ1) is 25.8. The van der Waals surface area contributed by atoms with Crippen LogP contribution in [0.4, 0.5) is 14.5 Å². The average molecular weight is 550 g/mol. The van der Waals surface area contributed by atoms with Crippen molar-refractivity contribution in [2.45, 2.75) is 6.54 Å². The number of nitrogens with zero attached hydrogens (tertiary/aromatic N) is 3. The van der Waals surface area contributed by atoms with E-state index in [0.29, 0.717) is 44.7 Å². The third-order valence-electron chi connectivity index (χ3n) is 5.80. The Morgan fingerprint density at radius 3 is 2.51 bits per heavy atom. The summed E-state index contributed by atoms with van der Waals surface area (Å²) in [5.74, 6) is -0.256. The first-order valence-corrected chi connectivity index (χ1v) is 12.0. The van der Waals surface area contributed by atoms with Crippen LogP contribution in [0.1, 0.15) is 0 Å². The lowest BCUT2D eigenvalue weighted by Gasteiger charge is -2.14. The minimum Gasteiger partial charge on any atom is -0.493 e. The minimum absolute atomic E-state index is 0.0319. The second-order valence-corrected chi connectivity index (χ2v) is 8.67. The molecule has 0 spiro atoms. The maximum Gasteiger partial charge on any atom is 0.247 e. The number of anilines is 1. The number of ether oxygens (including phenoxy) is 3. The number of hydrogen-bond acceptors (Lipinski definition) is 7. The summed E-state index contributed by atoms with van der Waals surface area (Å²) in [6.07, 6.45) is 2.89.